The van der Waals surface area contributed by atoms with Crippen molar-refractivity contribution < 1.29 is 17.9 Å². The van der Waals surface area contributed by atoms with Gasteiger partial charge in [0, 0.05) is 24.7 Å². The second kappa shape index (κ2) is 9.95. The van der Waals surface area contributed by atoms with E-state index < -0.39 is 15.8 Å². The number of aromatic nitrogens is 2. The Hall–Kier alpha value is -2.59. The summed E-state index contributed by atoms with van der Waals surface area (Å²) in [5.41, 5.74) is 3.86. The molecule has 1 aliphatic rings. The molecule has 1 heterocycles. The molecule has 0 spiro atoms. The highest BCUT2D eigenvalue weighted by Crippen LogP contribution is 2.25. The predicted molar refractivity (Wildman–Crippen MR) is 129 cm³/mol. The fourth-order valence-electron chi connectivity index (χ4n) is 4.73. The molecule has 2 atom stereocenters. The lowest BCUT2D eigenvalue weighted by Gasteiger charge is -2.34. The van der Waals surface area contributed by atoms with Crippen LogP contribution in [0.15, 0.2) is 53.4 Å². The number of hydrogen-bond donors (Lipinski definition) is 2. The topological polar surface area (TPSA) is 101 Å². The van der Waals surface area contributed by atoms with E-state index in [1.165, 1.54) is 16.8 Å². The van der Waals surface area contributed by atoms with Crippen molar-refractivity contribution in [2.24, 2.45) is 5.14 Å². The van der Waals surface area contributed by atoms with E-state index in [4.69, 9.17) is 5.14 Å². The maximum absolute atomic E-state index is 15.0. The SMILES string of the molecule is Cc1cccc(Cc2cc(CN(C)C3CCCCC3O)nn2-c2ccc(S(N)(=O)=O)cc2F)c1. The van der Waals surface area contributed by atoms with Crippen molar-refractivity contribution in [1.82, 2.24) is 14.7 Å². The van der Waals surface area contributed by atoms with Crippen molar-refractivity contribution in [1.29, 1.82) is 0 Å². The van der Waals surface area contributed by atoms with E-state index in [2.05, 4.69) is 16.1 Å². The highest BCUT2D eigenvalue weighted by atomic mass is 32.2. The minimum atomic E-state index is -4.02. The number of hydrogen-bond acceptors (Lipinski definition) is 5. The number of primary sulfonamides is 1. The minimum absolute atomic E-state index is 0.0601. The smallest absolute Gasteiger partial charge is 0.238 e. The van der Waals surface area contributed by atoms with Crippen LogP contribution in [0.25, 0.3) is 5.69 Å². The lowest BCUT2D eigenvalue weighted by atomic mass is 9.91. The second-order valence-corrected chi connectivity index (χ2v) is 10.8. The molecule has 182 valence electrons. The van der Waals surface area contributed by atoms with Gasteiger partial charge in [0.2, 0.25) is 10.0 Å². The molecule has 2 aromatic carbocycles. The number of nitrogens with two attached hydrogens (primary N) is 1. The van der Waals surface area contributed by atoms with Crippen LogP contribution >= 0.6 is 0 Å². The van der Waals surface area contributed by atoms with Crippen LogP contribution in [0.3, 0.4) is 0 Å². The van der Waals surface area contributed by atoms with Crippen molar-refractivity contribution in [3.05, 3.63) is 76.9 Å². The molecule has 1 saturated carbocycles. The number of sulfonamides is 1. The van der Waals surface area contributed by atoms with Gasteiger partial charge in [-0.2, -0.15) is 5.10 Å². The van der Waals surface area contributed by atoms with Gasteiger partial charge in [-0.15, -0.1) is 0 Å². The maximum Gasteiger partial charge on any atom is 0.238 e. The van der Waals surface area contributed by atoms with Crippen molar-refractivity contribution in [2.75, 3.05) is 7.05 Å². The number of benzene rings is 2. The summed E-state index contributed by atoms with van der Waals surface area (Å²) < 4.78 is 39.8. The maximum atomic E-state index is 15.0. The zero-order valence-electron chi connectivity index (χ0n) is 19.5. The number of aliphatic hydroxyl groups is 1. The molecule has 3 N–H and O–H groups in total. The Morgan fingerprint density at radius 3 is 2.62 bits per heavy atom. The summed E-state index contributed by atoms with van der Waals surface area (Å²) >= 11 is 0. The summed E-state index contributed by atoms with van der Waals surface area (Å²) in [4.78, 5) is 1.82. The number of rotatable bonds is 7. The molecular weight excluding hydrogens is 455 g/mol. The third kappa shape index (κ3) is 5.55. The molecule has 2 unspecified atom stereocenters. The third-order valence-corrected chi connectivity index (χ3v) is 7.36. The second-order valence-electron chi connectivity index (χ2n) is 9.20. The van der Waals surface area contributed by atoms with E-state index in [-0.39, 0.29) is 22.7 Å². The predicted octanol–water partition coefficient (Wildman–Crippen LogP) is 3.29. The molecule has 7 nitrogen and oxygen atoms in total. The lowest BCUT2D eigenvalue weighted by Crippen LogP contribution is -2.42. The molecule has 1 fully saturated rings. The molecule has 9 heteroatoms. The molecule has 34 heavy (non-hydrogen) atoms. The van der Waals surface area contributed by atoms with Gasteiger partial charge < -0.3 is 5.11 Å². The quantitative estimate of drug-likeness (QED) is 0.534. The number of halogens is 1. The first-order valence-corrected chi connectivity index (χ1v) is 13.0. The standard InChI is InChI=1S/C25H31FN4O3S/c1-17-6-5-7-18(12-17)13-20-14-19(16-29(2)24-8-3-4-9-25(24)31)28-30(20)23-11-10-21(15-22(23)26)34(27,32)33/h5-7,10-12,14-15,24-25,31H,3-4,8-9,13,16H2,1-2H3,(H2,27,32,33). The molecule has 0 amide bonds. The highest BCUT2D eigenvalue weighted by Gasteiger charge is 2.27. The van der Waals surface area contributed by atoms with E-state index in [9.17, 15) is 13.5 Å². The number of aliphatic hydroxyl groups excluding tert-OH is 1. The first kappa shape index (κ1) is 24.5. The average Bonchev–Trinajstić information content (AvgIpc) is 3.14. The Balaban J connectivity index is 1.70. The van der Waals surface area contributed by atoms with Gasteiger partial charge in [-0.05, 0) is 56.6 Å². The van der Waals surface area contributed by atoms with Gasteiger partial charge in [0.25, 0.3) is 0 Å². The van der Waals surface area contributed by atoms with Crippen LogP contribution in [0, 0.1) is 12.7 Å². The summed E-state index contributed by atoms with van der Waals surface area (Å²) in [5, 5.41) is 20.3. The molecule has 0 saturated heterocycles. The highest BCUT2D eigenvalue weighted by molar-refractivity contribution is 7.89. The Bertz CT molecular complexity index is 1270. The third-order valence-electron chi connectivity index (χ3n) is 6.45. The van der Waals surface area contributed by atoms with Crippen molar-refractivity contribution in [3.8, 4) is 5.69 Å². The molecule has 3 aromatic rings. The largest absolute Gasteiger partial charge is 0.391 e. The van der Waals surface area contributed by atoms with Gasteiger partial charge in [0.05, 0.1) is 16.7 Å². The van der Waals surface area contributed by atoms with Crippen LogP contribution in [0.4, 0.5) is 4.39 Å². The van der Waals surface area contributed by atoms with Crippen molar-refractivity contribution in [2.45, 2.75) is 62.6 Å². The van der Waals surface area contributed by atoms with E-state index in [1.807, 2.05) is 38.2 Å². The fraction of sp³-hybridized carbons (Fsp3) is 0.400. The van der Waals surface area contributed by atoms with Gasteiger partial charge in [0.15, 0.2) is 0 Å². The van der Waals surface area contributed by atoms with Gasteiger partial charge in [0.1, 0.15) is 11.5 Å². The van der Waals surface area contributed by atoms with Crippen LogP contribution in [0.2, 0.25) is 0 Å². The Kier molecular flexibility index (Phi) is 7.18. The van der Waals surface area contributed by atoms with Crippen LogP contribution in [-0.2, 0) is 23.0 Å². The van der Waals surface area contributed by atoms with Crippen LogP contribution in [0.1, 0.15) is 48.2 Å². The van der Waals surface area contributed by atoms with Crippen LogP contribution in [0.5, 0.6) is 0 Å². The van der Waals surface area contributed by atoms with Gasteiger partial charge in [-0.25, -0.2) is 22.6 Å². The molecule has 0 bridgehead atoms. The molecular formula is C25H31FN4O3S. The first-order chi connectivity index (χ1) is 16.1. The fourth-order valence-corrected chi connectivity index (χ4v) is 5.26. The van der Waals surface area contributed by atoms with E-state index >= 15 is 4.39 Å². The number of nitrogens with zero attached hydrogens (tertiary/aromatic N) is 3. The summed E-state index contributed by atoms with van der Waals surface area (Å²) in [7, 11) is -2.04. The molecule has 0 aliphatic heterocycles. The van der Waals surface area contributed by atoms with Gasteiger partial charge >= 0.3 is 0 Å². The minimum Gasteiger partial charge on any atom is -0.391 e. The Morgan fingerprint density at radius 1 is 1.18 bits per heavy atom. The Labute approximate surface area is 200 Å². The van der Waals surface area contributed by atoms with E-state index in [0.717, 1.165) is 54.3 Å². The molecule has 1 aromatic heterocycles. The van der Waals surface area contributed by atoms with Gasteiger partial charge in [-0.1, -0.05) is 42.7 Å². The summed E-state index contributed by atoms with van der Waals surface area (Å²) in [6.07, 6.45) is 4.01. The van der Waals surface area contributed by atoms with Crippen LogP contribution in [-0.4, -0.2) is 47.4 Å². The van der Waals surface area contributed by atoms with E-state index in [0.29, 0.717) is 13.0 Å². The first-order valence-electron chi connectivity index (χ1n) is 11.5. The summed E-state index contributed by atoms with van der Waals surface area (Å²) in [6.45, 7) is 2.52. The average molecular weight is 487 g/mol. The zero-order chi connectivity index (χ0) is 24.5. The normalized spacial score (nSPS) is 19.0. The lowest BCUT2D eigenvalue weighted by molar-refractivity contribution is 0.0283. The zero-order valence-corrected chi connectivity index (χ0v) is 20.3. The Morgan fingerprint density at radius 2 is 1.94 bits per heavy atom. The number of aryl methyl sites for hydroxylation is 1. The molecule has 4 rings (SSSR count). The van der Waals surface area contributed by atoms with Gasteiger partial charge in [-0.3, -0.25) is 4.90 Å². The van der Waals surface area contributed by atoms with E-state index in [1.54, 1.807) is 0 Å². The van der Waals surface area contributed by atoms with Crippen molar-refractivity contribution >= 4 is 10.0 Å². The summed E-state index contributed by atoms with van der Waals surface area (Å²) in [6, 6.07) is 13.7. The van der Waals surface area contributed by atoms with Crippen LogP contribution < -0.4 is 5.14 Å². The monoisotopic (exact) mass is 486 g/mol. The van der Waals surface area contributed by atoms with Crippen molar-refractivity contribution in [3.63, 3.8) is 0 Å². The number of likely N-dealkylation sites (N-methyl/N-ethyl adjacent to an activating group) is 1. The molecule has 0 radical (unpaired) electrons. The summed E-state index contributed by atoms with van der Waals surface area (Å²) in [5.74, 6) is -0.720. The molecule has 1 aliphatic carbocycles.